The zero-order chi connectivity index (χ0) is 11.9. The maximum atomic E-state index is 6.30. The molecule has 2 unspecified atom stereocenters. The lowest BCUT2D eigenvalue weighted by atomic mass is 9.86. The van der Waals surface area contributed by atoms with Gasteiger partial charge in [-0.3, -0.25) is 0 Å². The van der Waals surface area contributed by atoms with E-state index >= 15 is 0 Å². The smallest absolute Gasteiger partial charge is 0.341 e. The summed E-state index contributed by atoms with van der Waals surface area (Å²) in [4.78, 5) is 0. The lowest BCUT2D eigenvalue weighted by Gasteiger charge is -2.54. The van der Waals surface area contributed by atoms with E-state index in [1.54, 1.807) is 0 Å². The molecule has 0 aromatic heterocycles. The van der Waals surface area contributed by atoms with Gasteiger partial charge in [0.1, 0.15) is 0 Å². The second-order valence-electron chi connectivity index (χ2n) is 6.07. The Morgan fingerprint density at radius 3 is 2.33 bits per heavy atom. The van der Waals surface area contributed by atoms with E-state index in [0.717, 1.165) is 13.0 Å². The van der Waals surface area contributed by atoms with Gasteiger partial charge in [0.2, 0.25) is 0 Å². The van der Waals surface area contributed by atoms with Gasteiger partial charge in [0.05, 0.1) is 5.60 Å². The molecule has 0 aromatic rings. The third-order valence-corrected chi connectivity index (χ3v) is 8.71. The summed E-state index contributed by atoms with van der Waals surface area (Å²) in [7, 11) is -2.06. The van der Waals surface area contributed by atoms with Gasteiger partial charge in [-0.2, -0.15) is 0 Å². The van der Waals surface area contributed by atoms with Crippen molar-refractivity contribution >= 4 is 8.56 Å². The maximum Gasteiger partial charge on any atom is 0.341 e. The van der Waals surface area contributed by atoms with Crippen molar-refractivity contribution in [2.45, 2.75) is 65.1 Å². The standard InChI is InChI=1S/C12H26O2Si/c1-8-13-15(7)12(5,6)10(2)9-11(3,4)14-15/h10H,8-9H2,1-7H3. The van der Waals surface area contributed by atoms with E-state index in [0.29, 0.717) is 5.92 Å². The Labute approximate surface area is 95.6 Å². The van der Waals surface area contributed by atoms with Crippen LogP contribution < -0.4 is 0 Å². The van der Waals surface area contributed by atoms with Crippen molar-refractivity contribution in [1.29, 1.82) is 0 Å². The molecular formula is C12H26O2Si. The van der Waals surface area contributed by atoms with Gasteiger partial charge in [-0.05, 0) is 39.7 Å². The lowest BCUT2D eigenvalue weighted by Crippen LogP contribution is -2.60. The van der Waals surface area contributed by atoms with Gasteiger partial charge >= 0.3 is 8.56 Å². The van der Waals surface area contributed by atoms with Gasteiger partial charge in [0, 0.05) is 11.6 Å². The summed E-state index contributed by atoms with van der Waals surface area (Å²) in [6, 6.07) is 0. The van der Waals surface area contributed by atoms with Crippen LogP contribution in [0.2, 0.25) is 11.6 Å². The van der Waals surface area contributed by atoms with Crippen LogP contribution in [0.5, 0.6) is 0 Å². The SMILES string of the molecule is CCO[Si]1(C)OC(C)(C)CC(C)C1(C)C. The number of rotatable bonds is 2. The van der Waals surface area contributed by atoms with Crippen molar-refractivity contribution < 1.29 is 8.85 Å². The highest BCUT2D eigenvalue weighted by Gasteiger charge is 2.57. The summed E-state index contributed by atoms with van der Waals surface area (Å²) in [5.41, 5.74) is -0.0227. The molecule has 2 nitrogen and oxygen atoms in total. The average molecular weight is 230 g/mol. The van der Waals surface area contributed by atoms with Crippen molar-refractivity contribution in [3.8, 4) is 0 Å². The highest BCUT2D eigenvalue weighted by atomic mass is 28.4. The molecule has 0 radical (unpaired) electrons. The lowest BCUT2D eigenvalue weighted by molar-refractivity contribution is -0.0180. The molecular weight excluding hydrogens is 204 g/mol. The first-order valence-electron chi connectivity index (χ1n) is 5.99. The minimum atomic E-state index is -2.06. The Morgan fingerprint density at radius 2 is 1.87 bits per heavy atom. The normalized spacial score (nSPS) is 39.0. The second kappa shape index (κ2) is 3.86. The van der Waals surface area contributed by atoms with Crippen LogP contribution in [0.3, 0.4) is 0 Å². The van der Waals surface area contributed by atoms with Gasteiger partial charge in [-0.15, -0.1) is 0 Å². The van der Waals surface area contributed by atoms with Crippen LogP contribution in [0.1, 0.15) is 48.0 Å². The zero-order valence-corrected chi connectivity index (χ0v) is 12.3. The third-order valence-electron chi connectivity index (χ3n) is 4.09. The fraction of sp³-hybridized carbons (Fsp3) is 1.00. The summed E-state index contributed by atoms with van der Waals surface area (Å²) in [5.74, 6) is 0.657. The summed E-state index contributed by atoms with van der Waals surface area (Å²) in [6.45, 7) is 16.3. The fourth-order valence-electron chi connectivity index (χ4n) is 2.63. The number of hydrogen-bond acceptors (Lipinski definition) is 2. The Morgan fingerprint density at radius 1 is 1.33 bits per heavy atom. The Kier molecular flexibility index (Phi) is 3.40. The Hall–Kier alpha value is 0.137. The van der Waals surface area contributed by atoms with Gasteiger partial charge in [-0.25, -0.2) is 0 Å². The fourth-order valence-corrected chi connectivity index (χ4v) is 6.01. The van der Waals surface area contributed by atoms with Crippen molar-refractivity contribution in [2.24, 2.45) is 5.92 Å². The van der Waals surface area contributed by atoms with E-state index in [1.165, 1.54) is 0 Å². The highest BCUT2D eigenvalue weighted by Crippen LogP contribution is 2.53. The molecule has 0 saturated carbocycles. The van der Waals surface area contributed by atoms with Gasteiger partial charge in [-0.1, -0.05) is 20.8 Å². The molecule has 90 valence electrons. The predicted octanol–water partition coefficient (Wildman–Crippen LogP) is 3.71. The van der Waals surface area contributed by atoms with Gasteiger partial charge in [0.25, 0.3) is 0 Å². The second-order valence-corrected chi connectivity index (χ2v) is 9.74. The molecule has 1 fully saturated rings. The minimum Gasteiger partial charge on any atom is -0.394 e. The Bertz CT molecular complexity index is 238. The Balaban J connectivity index is 2.99. The zero-order valence-electron chi connectivity index (χ0n) is 11.3. The molecule has 0 amide bonds. The van der Waals surface area contributed by atoms with E-state index in [4.69, 9.17) is 8.85 Å². The monoisotopic (exact) mass is 230 g/mol. The molecule has 1 aliphatic heterocycles. The van der Waals surface area contributed by atoms with Crippen LogP contribution in [-0.4, -0.2) is 20.8 Å². The van der Waals surface area contributed by atoms with Crippen LogP contribution in [0.25, 0.3) is 0 Å². The van der Waals surface area contributed by atoms with E-state index in [-0.39, 0.29) is 10.6 Å². The molecule has 0 bridgehead atoms. The predicted molar refractivity (Wildman–Crippen MR) is 66.2 cm³/mol. The molecule has 0 aliphatic carbocycles. The maximum absolute atomic E-state index is 6.30. The van der Waals surface area contributed by atoms with E-state index in [1.807, 2.05) is 0 Å². The van der Waals surface area contributed by atoms with Crippen LogP contribution in [0, 0.1) is 5.92 Å². The molecule has 2 atom stereocenters. The van der Waals surface area contributed by atoms with Crippen LogP contribution in [-0.2, 0) is 8.85 Å². The van der Waals surface area contributed by atoms with E-state index < -0.39 is 8.56 Å². The van der Waals surface area contributed by atoms with Crippen LogP contribution in [0.4, 0.5) is 0 Å². The summed E-state index contributed by atoms with van der Waals surface area (Å²) < 4.78 is 12.3. The van der Waals surface area contributed by atoms with Crippen molar-refractivity contribution in [3.63, 3.8) is 0 Å². The van der Waals surface area contributed by atoms with E-state index in [9.17, 15) is 0 Å². The quantitative estimate of drug-likeness (QED) is 0.673. The van der Waals surface area contributed by atoms with Crippen LogP contribution >= 0.6 is 0 Å². The molecule has 15 heavy (non-hydrogen) atoms. The first-order valence-corrected chi connectivity index (χ1v) is 8.30. The first kappa shape index (κ1) is 13.2. The minimum absolute atomic E-state index is 0.0227. The van der Waals surface area contributed by atoms with Gasteiger partial charge < -0.3 is 8.85 Å². The largest absolute Gasteiger partial charge is 0.394 e. The topological polar surface area (TPSA) is 18.5 Å². The summed E-state index contributed by atoms with van der Waals surface area (Å²) >= 11 is 0. The average Bonchev–Trinajstić information content (AvgIpc) is 1.99. The third kappa shape index (κ3) is 2.29. The molecule has 3 heteroatoms. The molecule has 0 aromatic carbocycles. The molecule has 1 aliphatic rings. The van der Waals surface area contributed by atoms with Crippen molar-refractivity contribution in [2.75, 3.05) is 6.61 Å². The molecule has 1 rings (SSSR count). The molecule has 1 saturated heterocycles. The molecule has 1 heterocycles. The van der Waals surface area contributed by atoms with Gasteiger partial charge in [0.15, 0.2) is 0 Å². The highest BCUT2D eigenvalue weighted by molar-refractivity contribution is 6.69. The molecule has 0 N–H and O–H groups in total. The van der Waals surface area contributed by atoms with Crippen LogP contribution in [0.15, 0.2) is 0 Å². The summed E-state index contributed by atoms with van der Waals surface area (Å²) in [6.07, 6.45) is 1.12. The van der Waals surface area contributed by atoms with Crippen molar-refractivity contribution in [3.05, 3.63) is 0 Å². The molecule has 0 spiro atoms. The first-order chi connectivity index (χ1) is 6.65. The van der Waals surface area contributed by atoms with E-state index in [2.05, 4.69) is 48.1 Å². The summed E-state index contributed by atoms with van der Waals surface area (Å²) in [5, 5.41) is 0.193. The van der Waals surface area contributed by atoms with Crippen molar-refractivity contribution in [1.82, 2.24) is 0 Å². The number of hydrogen-bond donors (Lipinski definition) is 0.